The lowest BCUT2D eigenvalue weighted by Gasteiger charge is -2.14. The van der Waals surface area contributed by atoms with Crippen molar-refractivity contribution in [2.45, 2.75) is 6.92 Å². The summed E-state index contributed by atoms with van der Waals surface area (Å²) in [7, 11) is 0. The van der Waals surface area contributed by atoms with Gasteiger partial charge in [0, 0.05) is 17.3 Å². The second-order valence-corrected chi connectivity index (χ2v) is 10.6. The Morgan fingerprint density at radius 3 is 1.77 bits per heavy atom. The van der Waals surface area contributed by atoms with Crippen LogP contribution in [0.1, 0.15) is 18.1 Å². The zero-order valence-corrected chi connectivity index (χ0v) is 24.0. The largest absolute Gasteiger partial charge is 0.241 e. The third-order valence-corrected chi connectivity index (χ3v) is 8.01. The molecular weight excluding hydrogens is 520 g/mol. The second kappa shape index (κ2) is 11.3. The Labute approximate surface area is 252 Å². The molecule has 0 amide bonds. The van der Waals surface area contributed by atoms with E-state index in [0.717, 1.165) is 22.3 Å². The van der Waals surface area contributed by atoms with Gasteiger partial charge in [0.2, 0.25) is 0 Å². The molecule has 0 heterocycles. The van der Waals surface area contributed by atoms with Crippen molar-refractivity contribution in [3.63, 3.8) is 0 Å². The molecule has 0 fully saturated rings. The van der Waals surface area contributed by atoms with Gasteiger partial charge in [-0.05, 0) is 73.6 Å². The van der Waals surface area contributed by atoms with E-state index in [2.05, 4.69) is 121 Å². The number of amidine groups is 1. The van der Waals surface area contributed by atoms with Crippen LogP contribution < -0.4 is 0 Å². The zero-order valence-electron chi connectivity index (χ0n) is 24.0. The van der Waals surface area contributed by atoms with Gasteiger partial charge in [-0.25, -0.2) is 9.98 Å². The fourth-order valence-corrected chi connectivity index (χ4v) is 6.01. The standard InChI is InChI=1S/C41H30N2/c1-3-42-41(29-14-5-4-6-15-29)43-28(2)33-18-7-8-19-34(33)32-17-13-16-30(26-32)31-24-25-39-37-22-10-9-20-35(37)36-21-11-12-23-38(36)40(39)27-31/h3-27H,2H2,1H3. The topological polar surface area (TPSA) is 24.7 Å². The first kappa shape index (κ1) is 26.3. The monoisotopic (exact) mass is 550 g/mol. The Morgan fingerprint density at radius 2 is 1.07 bits per heavy atom. The second-order valence-electron chi connectivity index (χ2n) is 10.6. The Hall–Kier alpha value is -5.60. The van der Waals surface area contributed by atoms with Gasteiger partial charge in [0.25, 0.3) is 0 Å². The van der Waals surface area contributed by atoms with Crippen LogP contribution in [0.2, 0.25) is 0 Å². The van der Waals surface area contributed by atoms with E-state index in [1.807, 2.05) is 43.3 Å². The van der Waals surface area contributed by atoms with Gasteiger partial charge in [0.05, 0.1) is 5.70 Å². The van der Waals surface area contributed by atoms with Crippen molar-refractivity contribution in [2.75, 3.05) is 0 Å². The minimum atomic E-state index is 0.646. The van der Waals surface area contributed by atoms with Crippen molar-refractivity contribution in [3.8, 4) is 22.3 Å². The average Bonchev–Trinajstić information content (AvgIpc) is 3.08. The zero-order chi connectivity index (χ0) is 29.2. The van der Waals surface area contributed by atoms with E-state index in [-0.39, 0.29) is 0 Å². The lowest BCUT2D eigenvalue weighted by Crippen LogP contribution is -1.98. The summed E-state index contributed by atoms with van der Waals surface area (Å²) in [5.41, 5.74) is 7.17. The van der Waals surface area contributed by atoms with Crippen molar-refractivity contribution in [1.29, 1.82) is 0 Å². The Bertz CT molecular complexity index is 2170. The molecule has 204 valence electrons. The van der Waals surface area contributed by atoms with Crippen LogP contribution in [0.3, 0.4) is 0 Å². The highest BCUT2D eigenvalue weighted by molar-refractivity contribution is 6.25. The third-order valence-electron chi connectivity index (χ3n) is 8.01. The summed E-state index contributed by atoms with van der Waals surface area (Å²) in [5.74, 6) is 0.646. The Kier molecular flexibility index (Phi) is 6.94. The van der Waals surface area contributed by atoms with Crippen molar-refractivity contribution in [2.24, 2.45) is 9.98 Å². The normalized spacial score (nSPS) is 12.0. The predicted octanol–water partition coefficient (Wildman–Crippen LogP) is 11.0. The molecule has 2 heteroatoms. The minimum absolute atomic E-state index is 0.646. The molecule has 43 heavy (non-hydrogen) atoms. The molecule has 0 N–H and O–H groups in total. The minimum Gasteiger partial charge on any atom is -0.241 e. The third kappa shape index (κ3) is 4.94. The molecular formula is C41H30N2. The number of fused-ring (bicyclic) bond motifs is 6. The molecule has 0 aromatic heterocycles. The van der Waals surface area contributed by atoms with E-state index in [1.165, 1.54) is 43.4 Å². The van der Waals surface area contributed by atoms with Crippen LogP contribution >= 0.6 is 0 Å². The van der Waals surface area contributed by atoms with Gasteiger partial charge in [-0.2, -0.15) is 0 Å². The van der Waals surface area contributed by atoms with Crippen LogP contribution in [0.4, 0.5) is 0 Å². The number of nitrogens with zero attached hydrogens (tertiary/aromatic N) is 2. The number of hydrogen-bond donors (Lipinski definition) is 0. The van der Waals surface area contributed by atoms with Crippen LogP contribution in [0.15, 0.2) is 162 Å². The number of hydrogen-bond acceptors (Lipinski definition) is 1. The van der Waals surface area contributed by atoms with Gasteiger partial charge in [-0.1, -0.05) is 140 Å². The van der Waals surface area contributed by atoms with Crippen molar-refractivity contribution in [3.05, 3.63) is 163 Å². The van der Waals surface area contributed by atoms with E-state index < -0.39 is 0 Å². The molecule has 2 nitrogen and oxygen atoms in total. The first-order chi connectivity index (χ1) is 21.2. The molecule has 7 aromatic rings. The van der Waals surface area contributed by atoms with Gasteiger partial charge >= 0.3 is 0 Å². The molecule has 7 aromatic carbocycles. The summed E-state index contributed by atoms with van der Waals surface area (Å²) >= 11 is 0. The van der Waals surface area contributed by atoms with Crippen molar-refractivity contribution < 1.29 is 0 Å². The highest BCUT2D eigenvalue weighted by atomic mass is 14.9. The average molecular weight is 551 g/mol. The molecule has 0 aliphatic heterocycles. The maximum atomic E-state index is 4.89. The SMILES string of the molecule is C=C(N=C(N=CC)c1ccccc1)c1ccccc1-c1cccc(-c2ccc3c4ccccc4c4ccccc4c3c2)c1. The van der Waals surface area contributed by atoms with Gasteiger partial charge < -0.3 is 0 Å². The molecule has 0 saturated heterocycles. The summed E-state index contributed by atoms with van der Waals surface area (Å²) in [6.45, 7) is 6.27. The van der Waals surface area contributed by atoms with Crippen LogP contribution in [0.25, 0.3) is 60.3 Å². The summed E-state index contributed by atoms with van der Waals surface area (Å²) in [4.78, 5) is 9.43. The first-order valence-corrected chi connectivity index (χ1v) is 14.6. The highest BCUT2D eigenvalue weighted by Gasteiger charge is 2.12. The molecule has 0 aliphatic rings. The molecule has 0 bridgehead atoms. The summed E-state index contributed by atoms with van der Waals surface area (Å²) in [6.07, 6.45) is 1.77. The summed E-state index contributed by atoms with van der Waals surface area (Å²) in [5, 5.41) is 7.68. The number of benzene rings is 7. The van der Waals surface area contributed by atoms with Gasteiger partial charge in [0.15, 0.2) is 5.84 Å². The molecule has 0 radical (unpaired) electrons. The quantitative estimate of drug-likeness (QED) is 0.116. The molecule has 0 unspecified atom stereocenters. The van der Waals surface area contributed by atoms with Crippen LogP contribution in [0.5, 0.6) is 0 Å². The fraction of sp³-hybridized carbons (Fsp3) is 0.0244. The molecule has 0 atom stereocenters. The number of aliphatic imine (C=N–C) groups is 2. The van der Waals surface area contributed by atoms with Crippen LogP contribution in [-0.4, -0.2) is 12.1 Å². The summed E-state index contributed by atoms with van der Waals surface area (Å²) < 4.78 is 0. The van der Waals surface area contributed by atoms with E-state index in [4.69, 9.17) is 4.99 Å². The maximum absolute atomic E-state index is 4.89. The van der Waals surface area contributed by atoms with E-state index >= 15 is 0 Å². The summed E-state index contributed by atoms with van der Waals surface area (Å²) in [6, 6.07) is 51.4. The van der Waals surface area contributed by atoms with Gasteiger partial charge in [-0.3, -0.25) is 0 Å². The van der Waals surface area contributed by atoms with Crippen LogP contribution in [-0.2, 0) is 0 Å². The molecule has 0 aliphatic carbocycles. The molecule has 0 spiro atoms. The lowest BCUT2D eigenvalue weighted by atomic mass is 9.91. The van der Waals surface area contributed by atoms with Crippen molar-refractivity contribution >= 4 is 50.1 Å². The van der Waals surface area contributed by atoms with Gasteiger partial charge in [0.1, 0.15) is 0 Å². The highest BCUT2D eigenvalue weighted by Crippen LogP contribution is 2.38. The van der Waals surface area contributed by atoms with Gasteiger partial charge in [-0.15, -0.1) is 0 Å². The lowest BCUT2D eigenvalue weighted by molar-refractivity contribution is 1.45. The first-order valence-electron chi connectivity index (χ1n) is 14.6. The van der Waals surface area contributed by atoms with E-state index in [1.54, 1.807) is 6.21 Å². The van der Waals surface area contributed by atoms with Crippen LogP contribution in [0, 0.1) is 0 Å². The van der Waals surface area contributed by atoms with Crippen molar-refractivity contribution in [1.82, 2.24) is 0 Å². The fourth-order valence-electron chi connectivity index (χ4n) is 6.01. The molecule has 7 rings (SSSR count). The maximum Gasteiger partial charge on any atom is 0.159 e. The number of rotatable bonds is 5. The Balaban J connectivity index is 1.33. The smallest absolute Gasteiger partial charge is 0.159 e. The van der Waals surface area contributed by atoms with E-state index in [0.29, 0.717) is 11.5 Å². The predicted molar refractivity (Wildman–Crippen MR) is 186 cm³/mol. The Morgan fingerprint density at radius 1 is 0.512 bits per heavy atom. The van der Waals surface area contributed by atoms with E-state index in [9.17, 15) is 0 Å². The molecule has 0 saturated carbocycles.